The van der Waals surface area contributed by atoms with Gasteiger partial charge in [-0.2, -0.15) is 0 Å². The Balaban J connectivity index is 2.74. The summed E-state index contributed by atoms with van der Waals surface area (Å²) in [6.45, 7) is 0. The van der Waals surface area contributed by atoms with E-state index in [9.17, 15) is 9.90 Å². The van der Waals surface area contributed by atoms with Crippen LogP contribution in [-0.4, -0.2) is 55.0 Å². The number of ether oxygens (including phenoxy) is 3. The summed E-state index contributed by atoms with van der Waals surface area (Å²) < 4.78 is 14.4. The third kappa shape index (κ3) is 1.80. The summed E-state index contributed by atoms with van der Waals surface area (Å²) in [4.78, 5) is 10.6. The second-order valence-electron chi connectivity index (χ2n) is 2.69. The highest BCUT2D eigenvalue weighted by molar-refractivity contribution is 5.73. The molecule has 1 heterocycles. The van der Waals surface area contributed by atoms with Crippen LogP contribution in [0.15, 0.2) is 0 Å². The van der Waals surface area contributed by atoms with Crippen LogP contribution in [0.3, 0.4) is 0 Å². The van der Waals surface area contributed by atoms with Gasteiger partial charge < -0.3 is 24.4 Å². The summed E-state index contributed by atoms with van der Waals surface area (Å²) >= 11 is 0. The van der Waals surface area contributed by atoms with Crippen LogP contribution < -0.4 is 0 Å². The van der Waals surface area contributed by atoms with Crippen LogP contribution in [0, 0.1) is 0 Å². The van der Waals surface area contributed by atoms with Crippen molar-refractivity contribution < 1.29 is 29.2 Å². The molecule has 1 unspecified atom stereocenters. The van der Waals surface area contributed by atoms with Crippen LogP contribution in [0.5, 0.6) is 0 Å². The van der Waals surface area contributed by atoms with E-state index in [1.807, 2.05) is 0 Å². The SMILES string of the molecule is CO[C@H]1[C@@H](C(=O)O)OC(O)[C@@H]1OC. The van der Waals surface area contributed by atoms with Gasteiger partial charge >= 0.3 is 5.97 Å². The number of methoxy groups -OCH3 is 2. The molecule has 2 N–H and O–H groups in total. The van der Waals surface area contributed by atoms with Crippen molar-refractivity contribution >= 4 is 5.97 Å². The molecule has 0 aromatic rings. The van der Waals surface area contributed by atoms with E-state index in [0.717, 1.165) is 0 Å². The van der Waals surface area contributed by atoms with Crippen molar-refractivity contribution in [1.82, 2.24) is 0 Å². The summed E-state index contributed by atoms with van der Waals surface area (Å²) in [5, 5.41) is 17.9. The Morgan fingerprint density at radius 2 is 1.85 bits per heavy atom. The highest BCUT2D eigenvalue weighted by Gasteiger charge is 2.48. The second kappa shape index (κ2) is 4.01. The molecule has 6 heteroatoms. The molecule has 0 radical (unpaired) electrons. The van der Waals surface area contributed by atoms with Crippen LogP contribution in [0.4, 0.5) is 0 Å². The van der Waals surface area contributed by atoms with Crippen molar-refractivity contribution in [3.63, 3.8) is 0 Å². The summed E-state index contributed by atoms with van der Waals surface area (Å²) in [5.41, 5.74) is 0. The minimum atomic E-state index is -1.25. The maximum absolute atomic E-state index is 10.6. The molecular weight excluding hydrogens is 180 g/mol. The first-order valence-electron chi connectivity index (χ1n) is 3.73. The molecule has 76 valence electrons. The number of aliphatic hydroxyl groups is 1. The molecule has 1 aliphatic rings. The van der Waals surface area contributed by atoms with Gasteiger partial charge in [-0.05, 0) is 0 Å². The Hall–Kier alpha value is -0.690. The number of aliphatic carboxylic acids is 1. The number of hydrogen-bond donors (Lipinski definition) is 2. The number of carboxylic acids is 1. The number of carbonyl (C=O) groups is 1. The molecule has 0 aliphatic carbocycles. The van der Waals surface area contributed by atoms with Gasteiger partial charge in [0.05, 0.1) is 0 Å². The van der Waals surface area contributed by atoms with E-state index in [4.69, 9.17) is 19.3 Å². The Morgan fingerprint density at radius 3 is 2.23 bits per heavy atom. The van der Waals surface area contributed by atoms with Crippen LogP contribution in [0.25, 0.3) is 0 Å². The molecule has 0 bridgehead atoms. The van der Waals surface area contributed by atoms with Crippen molar-refractivity contribution in [1.29, 1.82) is 0 Å². The summed E-state index contributed by atoms with van der Waals surface area (Å²) in [7, 11) is 2.70. The number of aliphatic hydroxyl groups excluding tert-OH is 1. The third-order valence-electron chi connectivity index (χ3n) is 1.98. The normalized spacial score (nSPS) is 39.3. The minimum absolute atomic E-state index is 0.758. The molecular formula is C7H12O6. The van der Waals surface area contributed by atoms with E-state index in [2.05, 4.69) is 0 Å². The van der Waals surface area contributed by atoms with Gasteiger partial charge in [0.1, 0.15) is 12.2 Å². The van der Waals surface area contributed by atoms with E-state index in [-0.39, 0.29) is 0 Å². The zero-order valence-electron chi connectivity index (χ0n) is 7.34. The van der Waals surface area contributed by atoms with Gasteiger partial charge in [-0.3, -0.25) is 0 Å². The zero-order valence-corrected chi connectivity index (χ0v) is 7.34. The van der Waals surface area contributed by atoms with Crippen LogP contribution >= 0.6 is 0 Å². The van der Waals surface area contributed by atoms with E-state index < -0.39 is 30.6 Å². The third-order valence-corrected chi connectivity index (χ3v) is 1.98. The van der Waals surface area contributed by atoms with Gasteiger partial charge in [-0.1, -0.05) is 0 Å². The van der Waals surface area contributed by atoms with Gasteiger partial charge in [-0.15, -0.1) is 0 Å². The van der Waals surface area contributed by atoms with Gasteiger partial charge in [0.15, 0.2) is 12.4 Å². The van der Waals surface area contributed by atoms with Gasteiger partial charge in [0, 0.05) is 14.2 Å². The average molecular weight is 192 g/mol. The first-order valence-corrected chi connectivity index (χ1v) is 3.73. The molecule has 4 atom stereocenters. The fourth-order valence-electron chi connectivity index (χ4n) is 1.35. The van der Waals surface area contributed by atoms with Crippen LogP contribution in [0.2, 0.25) is 0 Å². The van der Waals surface area contributed by atoms with Crippen LogP contribution in [0.1, 0.15) is 0 Å². The average Bonchev–Trinajstić information content (AvgIpc) is 2.41. The molecule has 0 aromatic carbocycles. The second-order valence-corrected chi connectivity index (χ2v) is 2.69. The minimum Gasteiger partial charge on any atom is -0.479 e. The van der Waals surface area contributed by atoms with Gasteiger partial charge in [0.2, 0.25) is 0 Å². The first-order chi connectivity index (χ1) is 6.11. The Bertz CT molecular complexity index is 193. The number of carboxylic acid groups (broad SMARTS) is 1. The highest BCUT2D eigenvalue weighted by atomic mass is 16.7. The fraction of sp³-hybridized carbons (Fsp3) is 0.857. The van der Waals surface area contributed by atoms with Crippen molar-refractivity contribution in [3.05, 3.63) is 0 Å². The highest BCUT2D eigenvalue weighted by Crippen LogP contribution is 2.24. The fourth-order valence-corrected chi connectivity index (χ4v) is 1.35. The first kappa shape index (κ1) is 10.4. The van der Waals surface area contributed by atoms with E-state index >= 15 is 0 Å². The van der Waals surface area contributed by atoms with Crippen molar-refractivity contribution in [3.8, 4) is 0 Å². The molecule has 6 nitrogen and oxygen atoms in total. The van der Waals surface area contributed by atoms with Crippen LogP contribution in [-0.2, 0) is 19.0 Å². The molecule has 0 spiro atoms. The van der Waals surface area contributed by atoms with Crippen molar-refractivity contribution in [2.75, 3.05) is 14.2 Å². The molecule has 13 heavy (non-hydrogen) atoms. The van der Waals surface area contributed by atoms with Gasteiger partial charge in [0.25, 0.3) is 0 Å². The predicted octanol–water partition coefficient (Wildman–Crippen LogP) is -1.18. The molecule has 0 saturated carbocycles. The summed E-state index contributed by atoms with van der Waals surface area (Å²) in [5.74, 6) is -1.18. The monoisotopic (exact) mass is 192 g/mol. The molecule has 1 saturated heterocycles. The lowest BCUT2D eigenvalue weighted by atomic mass is 10.1. The Morgan fingerprint density at radius 1 is 1.31 bits per heavy atom. The lowest BCUT2D eigenvalue weighted by Crippen LogP contribution is -2.39. The number of rotatable bonds is 3. The van der Waals surface area contributed by atoms with Crippen molar-refractivity contribution in [2.24, 2.45) is 0 Å². The lowest BCUT2D eigenvalue weighted by Gasteiger charge is -2.17. The predicted molar refractivity (Wildman–Crippen MR) is 40.1 cm³/mol. The largest absolute Gasteiger partial charge is 0.479 e. The lowest BCUT2D eigenvalue weighted by molar-refractivity contribution is -0.166. The summed E-state index contributed by atoms with van der Waals surface area (Å²) in [6, 6.07) is 0. The zero-order chi connectivity index (χ0) is 10.0. The van der Waals surface area contributed by atoms with E-state index in [0.29, 0.717) is 0 Å². The smallest absolute Gasteiger partial charge is 0.335 e. The molecule has 1 aliphatic heterocycles. The maximum Gasteiger partial charge on any atom is 0.335 e. The van der Waals surface area contributed by atoms with E-state index in [1.165, 1.54) is 14.2 Å². The van der Waals surface area contributed by atoms with Gasteiger partial charge in [-0.25, -0.2) is 4.79 Å². The number of hydrogen-bond acceptors (Lipinski definition) is 5. The molecule has 1 rings (SSSR count). The molecule has 1 fully saturated rings. The standard InChI is InChI=1S/C7H12O6/c1-11-3-4(6(8)9)13-7(10)5(3)12-2/h3-5,7,10H,1-2H3,(H,8,9)/t3-,4-,5+,7?/m0/s1. The maximum atomic E-state index is 10.6. The Kier molecular flexibility index (Phi) is 3.21. The Labute approximate surface area is 75.0 Å². The van der Waals surface area contributed by atoms with E-state index in [1.54, 1.807) is 0 Å². The van der Waals surface area contributed by atoms with Crippen molar-refractivity contribution in [2.45, 2.75) is 24.6 Å². The topological polar surface area (TPSA) is 85.2 Å². The quantitative estimate of drug-likeness (QED) is 0.585. The summed E-state index contributed by atoms with van der Waals surface area (Å²) in [6.07, 6.45) is -3.97. The molecule has 0 amide bonds. The molecule has 0 aromatic heterocycles.